The number of aryl methyl sites for hydroxylation is 1. The summed E-state index contributed by atoms with van der Waals surface area (Å²) in [5.74, 6) is -1.02. The van der Waals surface area contributed by atoms with E-state index in [0.717, 1.165) is 4.31 Å². The summed E-state index contributed by atoms with van der Waals surface area (Å²) in [4.78, 5) is 16.1. The average Bonchev–Trinajstić information content (AvgIpc) is 3.10. The number of amides is 1. The van der Waals surface area contributed by atoms with E-state index < -0.39 is 34.3 Å². The second kappa shape index (κ2) is 6.89. The van der Waals surface area contributed by atoms with E-state index in [0.29, 0.717) is 11.4 Å². The lowest BCUT2D eigenvalue weighted by Gasteiger charge is -2.15. The van der Waals surface area contributed by atoms with Crippen LogP contribution in [0.4, 0.5) is 4.39 Å². The molecule has 25 heavy (non-hydrogen) atoms. The van der Waals surface area contributed by atoms with Gasteiger partial charge in [-0.1, -0.05) is 17.3 Å². The second-order valence-corrected chi connectivity index (χ2v) is 7.62. The van der Waals surface area contributed by atoms with Gasteiger partial charge in [-0.2, -0.15) is 4.98 Å². The van der Waals surface area contributed by atoms with Crippen molar-refractivity contribution in [3.63, 3.8) is 0 Å². The summed E-state index contributed by atoms with van der Waals surface area (Å²) in [5.41, 5.74) is 0.669. The highest BCUT2D eigenvalue weighted by Crippen LogP contribution is 2.28. The number of aromatic nitrogens is 2. The van der Waals surface area contributed by atoms with E-state index in [9.17, 15) is 17.6 Å². The first-order valence-corrected chi connectivity index (χ1v) is 9.12. The Kier molecular flexibility index (Phi) is 4.82. The van der Waals surface area contributed by atoms with Gasteiger partial charge in [-0.3, -0.25) is 4.79 Å². The summed E-state index contributed by atoms with van der Waals surface area (Å²) in [6, 6.07) is 5.58. The van der Waals surface area contributed by atoms with Gasteiger partial charge in [0.2, 0.25) is 10.0 Å². The van der Waals surface area contributed by atoms with Crippen molar-refractivity contribution < 1.29 is 26.9 Å². The van der Waals surface area contributed by atoms with E-state index in [1.165, 1.54) is 24.3 Å². The number of hydrogen-bond acceptors (Lipinski definition) is 7. The lowest BCUT2D eigenvalue weighted by Crippen LogP contribution is -2.35. The number of rotatable bonds is 5. The van der Waals surface area contributed by atoms with Crippen LogP contribution in [0.25, 0.3) is 0 Å². The molecule has 1 amide bonds. The van der Waals surface area contributed by atoms with E-state index in [-0.39, 0.29) is 24.8 Å². The van der Waals surface area contributed by atoms with Crippen LogP contribution < -0.4 is 0 Å². The number of hydrogen-bond donors (Lipinski definition) is 0. The smallest absolute Gasteiger partial charge is 0.262 e. The van der Waals surface area contributed by atoms with Crippen LogP contribution >= 0.6 is 0 Å². The predicted molar refractivity (Wildman–Crippen MR) is 83.3 cm³/mol. The standard InChI is InChI=1S/C15H16FN3O5S/c1-10-17-14(24-18-10)7-23-8-15(20)19-6-12(9-25(19,21)22)11-2-4-13(16)5-3-11/h2-5,12H,6-9H2,1H3. The van der Waals surface area contributed by atoms with Gasteiger partial charge in [-0.15, -0.1) is 0 Å². The van der Waals surface area contributed by atoms with Gasteiger partial charge in [-0.25, -0.2) is 17.1 Å². The van der Waals surface area contributed by atoms with E-state index in [1.54, 1.807) is 6.92 Å². The molecule has 1 atom stereocenters. The zero-order chi connectivity index (χ0) is 18.0. The van der Waals surface area contributed by atoms with E-state index in [2.05, 4.69) is 10.1 Å². The summed E-state index contributed by atoms with van der Waals surface area (Å²) < 4.78 is 48.2. The Morgan fingerprint density at radius 2 is 2.12 bits per heavy atom. The summed E-state index contributed by atoms with van der Waals surface area (Å²) in [6.07, 6.45) is 0. The molecule has 0 bridgehead atoms. The van der Waals surface area contributed by atoms with Gasteiger partial charge in [0.1, 0.15) is 19.0 Å². The fourth-order valence-electron chi connectivity index (χ4n) is 2.60. The zero-order valence-electron chi connectivity index (χ0n) is 13.4. The first kappa shape index (κ1) is 17.5. The summed E-state index contributed by atoms with van der Waals surface area (Å²) in [5, 5.41) is 3.58. The molecule has 10 heteroatoms. The zero-order valence-corrected chi connectivity index (χ0v) is 14.2. The fourth-order valence-corrected chi connectivity index (χ4v) is 4.36. The van der Waals surface area contributed by atoms with Crippen LogP contribution in [0.5, 0.6) is 0 Å². The quantitative estimate of drug-likeness (QED) is 0.774. The van der Waals surface area contributed by atoms with Crippen LogP contribution in [-0.2, 0) is 26.2 Å². The third-order valence-electron chi connectivity index (χ3n) is 3.77. The van der Waals surface area contributed by atoms with Crippen LogP contribution in [0.2, 0.25) is 0 Å². The van der Waals surface area contributed by atoms with Gasteiger partial charge in [0, 0.05) is 12.5 Å². The Balaban J connectivity index is 1.60. The second-order valence-electron chi connectivity index (χ2n) is 5.68. The molecule has 1 unspecified atom stereocenters. The third-order valence-corrected chi connectivity index (χ3v) is 5.62. The summed E-state index contributed by atoms with van der Waals surface area (Å²) in [7, 11) is -3.73. The van der Waals surface area contributed by atoms with Gasteiger partial charge < -0.3 is 9.26 Å². The average molecular weight is 369 g/mol. The van der Waals surface area contributed by atoms with Crippen LogP contribution in [0.1, 0.15) is 23.2 Å². The summed E-state index contributed by atoms with van der Waals surface area (Å²) >= 11 is 0. The molecular formula is C15H16FN3O5S. The highest BCUT2D eigenvalue weighted by molar-refractivity contribution is 7.89. The number of benzene rings is 1. The van der Waals surface area contributed by atoms with Gasteiger partial charge in [0.05, 0.1) is 5.75 Å². The van der Waals surface area contributed by atoms with Crippen molar-refractivity contribution in [2.75, 3.05) is 18.9 Å². The molecule has 8 nitrogen and oxygen atoms in total. The third kappa shape index (κ3) is 4.02. The normalized spacial score (nSPS) is 19.3. The molecule has 0 aliphatic carbocycles. The van der Waals surface area contributed by atoms with E-state index in [4.69, 9.17) is 9.26 Å². The lowest BCUT2D eigenvalue weighted by molar-refractivity contribution is -0.131. The number of sulfonamides is 1. The van der Waals surface area contributed by atoms with E-state index in [1.807, 2.05) is 0 Å². The molecule has 134 valence electrons. The lowest BCUT2D eigenvalue weighted by atomic mass is 10.0. The Bertz CT molecular complexity index is 866. The van der Waals surface area contributed by atoms with E-state index >= 15 is 0 Å². The van der Waals surface area contributed by atoms with Gasteiger partial charge in [0.25, 0.3) is 11.8 Å². The number of ether oxygens (including phenoxy) is 1. The van der Waals surface area contributed by atoms with Crippen LogP contribution in [-0.4, -0.2) is 47.7 Å². The number of carbonyl (C=O) groups is 1. The number of nitrogens with zero attached hydrogens (tertiary/aromatic N) is 3. The molecule has 1 aromatic heterocycles. The maximum absolute atomic E-state index is 13.0. The van der Waals surface area contributed by atoms with Crippen molar-refractivity contribution in [2.24, 2.45) is 0 Å². The van der Waals surface area contributed by atoms with Crippen molar-refractivity contribution >= 4 is 15.9 Å². The van der Waals surface area contributed by atoms with Crippen molar-refractivity contribution in [1.29, 1.82) is 0 Å². The van der Waals surface area contributed by atoms with Crippen molar-refractivity contribution in [3.8, 4) is 0 Å². The SMILES string of the molecule is Cc1noc(COCC(=O)N2CC(c3ccc(F)cc3)CS2(=O)=O)n1. The van der Waals surface area contributed by atoms with Crippen LogP contribution in [0, 0.1) is 12.7 Å². The molecule has 3 rings (SSSR count). The Morgan fingerprint density at radius 1 is 1.40 bits per heavy atom. The Hall–Kier alpha value is -2.33. The molecule has 0 spiro atoms. The van der Waals surface area contributed by atoms with Gasteiger partial charge >= 0.3 is 0 Å². The minimum Gasteiger partial charge on any atom is -0.362 e. The van der Waals surface area contributed by atoms with Crippen LogP contribution in [0.3, 0.4) is 0 Å². The predicted octanol–water partition coefficient (Wildman–Crippen LogP) is 0.990. The summed E-state index contributed by atoms with van der Waals surface area (Å²) in [6.45, 7) is 1.15. The Labute approximate surface area is 143 Å². The van der Waals surface area contributed by atoms with Gasteiger partial charge in [-0.05, 0) is 24.6 Å². The first-order chi connectivity index (χ1) is 11.8. The molecule has 1 aliphatic rings. The molecule has 0 saturated carbocycles. The number of carbonyl (C=O) groups excluding carboxylic acids is 1. The largest absolute Gasteiger partial charge is 0.362 e. The Morgan fingerprint density at radius 3 is 2.76 bits per heavy atom. The van der Waals surface area contributed by atoms with Crippen molar-refractivity contribution in [1.82, 2.24) is 14.4 Å². The molecule has 2 heterocycles. The van der Waals surface area contributed by atoms with Gasteiger partial charge in [0.15, 0.2) is 5.82 Å². The monoisotopic (exact) mass is 369 g/mol. The fraction of sp³-hybridized carbons (Fsp3) is 0.400. The highest BCUT2D eigenvalue weighted by atomic mass is 32.2. The molecule has 0 N–H and O–H groups in total. The molecule has 1 fully saturated rings. The van der Waals surface area contributed by atoms with Crippen molar-refractivity contribution in [3.05, 3.63) is 47.4 Å². The molecule has 2 aromatic rings. The molecule has 0 radical (unpaired) electrons. The minimum atomic E-state index is -3.73. The maximum atomic E-state index is 13.0. The van der Waals surface area contributed by atoms with Crippen molar-refractivity contribution in [2.45, 2.75) is 19.4 Å². The molecule has 1 aromatic carbocycles. The van der Waals surface area contributed by atoms with Crippen LogP contribution in [0.15, 0.2) is 28.8 Å². The maximum Gasteiger partial charge on any atom is 0.262 e. The minimum absolute atomic E-state index is 0.00975. The molecule has 1 aliphatic heterocycles. The molecule has 1 saturated heterocycles. The first-order valence-electron chi connectivity index (χ1n) is 7.51. The highest BCUT2D eigenvalue weighted by Gasteiger charge is 2.39. The number of halogens is 1. The topological polar surface area (TPSA) is 103 Å². The molecular weight excluding hydrogens is 353 g/mol.